The van der Waals surface area contributed by atoms with Gasteiger partial charge in [-0.1, -0.05) is 113 Å². The largest absolute Gasteiger partial charge is 0.310 e. The fourth-order valence-electron chi connectivity index (χ4n) is 3.99. The van der Waals surface area contributed by atoms with Crippen molar-refractivity contribution in [3.8, 4) is 0 Å². The van der Waals surface area contributed by atoms with Crippen LogP contribution in [0.3, 0.4) is 0 Å². The lowest BCUT2D eigenvalue weighted by Gasteiger charge is -2.32. The number of nitrogens with one attached hydrogen (secondary N) is 1. The molecule has 0 aliphatic carbocycles. The number of allylic oxidation sites excluding steroid dienone is 12. The molecule has 2 heterocycles. The minimum atomic E-state index is 0.132. The monoisotopic (exact) mass is 433 g/mol. The molecule has 0 saturated carbocycles. The quantitative estimate of drug-likeness (QED) is 0.343. The first-order valence-electron chi connectivity index (χ1n) is 11.3. The molecule has 0 bridgehead atoms. The molecule has 0 aromatic carbocycles. The van der Waals surface area contributed by atoms with Crippen LogP contribution >= 0.6 is 11.8 Å². The molecule has 0 amide bonds. The first-order chi connectivity index (χ1) is 14.9. The number of hydrogen-bond acceptors (Lipinski definition) is 2. The normalized spacial score (nSPS) is 32.5. The Hall–Kier alpha value is -2.03. The Morgan fingerprint density at radius 1 is 1.16 bits per heavy atom. The van der Waals surface area contributed by atoms with E-state index in [9.17, 15) is 0 Å². The van der Waals surface area contributed by atoms with Crippen LogP contribution < -0.4 is 5.32 Å². The van der Waals surface area contributed by atoms with Crippen molar-refractivity contribution >= 4 is 11.8 Å². The van der Waals surface area contributed by atoms with Crippen LogP contribution in [0.25, 0.3) is 0 Å². The fraction of sp³-hybridized carbons (Fsp3) is 0.379. The van der Waals surface area contributed by atoms with E-state index in [0.29, 0.717) is 16.4 Å². The second-order valence-electron chi connectivity index (χ2n) is 8.50. The van der Waals surface area contributed by atoms with Gasteiger partial charge in [0.1, 0.15) is 0 Å². The molecule has 0 aromatic heterocycles. The van der Waals surface area contributed by atoms with Gasteiger partial charge in [-0.2, -0.15) is 0 Å². The maximum absolute atomic E-state index is 4.28. The van der Waals surface area contributed by atoms with Crippen molar-refractivity contribution in [1.82, 2.24) is 5.32 Å². The molecule has 31 heavy (non-hydrogen) atoms. The van der Waals surface area contributed by atoms with Crippen LogP contribution in [0.5, 0.6) is 0 Å². The minimum Gasteiger partial charge on any atom is -0.310 e. The predicted octanol–water partition coefficient (Wildman–Crippen LogP) is 7.52. The van der Waals surface area contributed by atoms with Crippen molar-refractivity contribution in [3.05, 3.63) is 109 Å². The molecule has 0 spiro atoms. The summed E-state index contributed by atoms with van der Waals surface area (Å²) in [6.45, 7) is 21.1. The van der Waals surface area contributed by atoms with E-state index in [2.05, 4.69) is 112 Å². The zero-order valence-corrected chi connectivity index (χ0v) is 20.3. The van der Waals surface area contributed by atoms with E-state index in [0.717, 1.165) is 37.1 Å². The summed E-state index contributed by atoms with van der Waals surface area (Å²) < 4.78 is 0. The lowest BCUT2D eigenvalue weighted by Crippen LogP contribution is -2.30. The van der Waals surface area contributed by atoms with E-state index >= 15 is 0 Å². The molecule has 166 valence electrons. The van der Waals surface area contributed by atoms with Crippen LogP contribution in [0.1, 0.15) is 33.6 Å². The Labute approximate surface area is 194 Å². The van der Waals surface area contributed by atoms with Crippen molar-refractivity contribution < 1.29 is 0 Å². The number of thioether (sulfide) groups is 1. The second-order valence-corrected chi connectivity index (χ2v) is 9.88. The Bertz CT molecular complexity index is 820. The lowest BCUT2D eigenvalue weighted by atomic mass is 9.72. The lowest BCUT2D eigenvalue weighted by molar-refractivity contribution is 0.295. The van der Waals surface area contributed by atoms with E-state index in [1.165, 1.54) is 5.57 Å². The average molecular weight is 434 g/mol. The highest BCUT2D eigenvalue weighted by Gasteiger charge is 2.47. The van der Waals surface area contributed by atoms with Crippen LogP contribution in [0.15, 0.2) is 109 Å². The molecule has 2 aliphatic rings. The molecule has 1 N–H and O–H groups in total. The van der Waals surface area contributed by atoms with Gasteiger partial charge in [-0.05, 0) is 35.5 Å². The Morgan fingerprint density at radius 2 is 1.94 bits per heavy atom. The van der Waals surface area contributed by atoms with Crippen molar-refractivity contribution in [1.29, 1.82) is 0 Å². The van der Waals surface area contributed by atoms with Crippen molar-refractivity contribution in [3.63, 3.8) is 0 Å². The molecule has 0 radical (unpaired) electrons. The highest BCUT2D eigenvalue weighted by Crippen LogP contribution is 2.55. The van der Waals surface area contributed by atoms with Crippen molar-refractivity contribution in [2.45, 2.75) is 44.1 Å². The van der Waals surface area contributed by atoms with Gasteiger partial charge in [0.15, 0.2) is 0 Å². The van der Waals surface area contributed by atoms with E-state index < -0.39 is 0 Å². The van der Waals surface area contributed by atoms with Crippen LogP contribution in [0.2, 0.25) is 0 Å². The molecule has 2 aliphatic heterocycles. The van der Waals surface area contributed by atoms with Gasteiger partial charge < -0.3 is 5.32 Å². The summed E-state index contributed by atoms with van der Waals surface area (Å²) in [5.41, 5.74) is 3.37. The van der Waals surface area contributed by atoms with Crippen LogP contribution in [-0.4, -0.2) is 23.6 Å². The summed E-state index contributed by atoms with van der Waals surface area (Å²) in [6, 6.07) is 0. The van der Waals surface area contributed by atoms with Gasteiger partial charge in [0.25, 0.3) is 0 Å². The third kappa shape index (κ3) is 7.26. The van der Waals surface area contributed by atoms with Crippen molar-refractivity contribution in [2.75, 3.05) is 13.1 Å². The molecule has 1 saturated heterocycles. The molecule has 1 nitrogen and oxygen atoms in total. The molecule has 2 rings (SSSR count). The van der Waals surface area contributed by atoms with Crippen LogP contribution in [0.4, 0.5) is 0 Å². The third-order valence-electron chi connectivity index (χ3n) is 6.23. The minimum absolute atomic E-state index is 0.132. The second kappa shape index (κ2) is 12.7. The maximum atomic E-state index is 4.28. The molecular formula is C29H39NS. The van der Waals surface area contributed by atoms with Gasteiger partial charge in [0, 0.05) is 29.0 Å². The Kier molecular flexibility index (Phi) is 10.4. The van der Waals surface area contributed by atoms with Crippen LogP contribution in [-0.2, 0) is 0 Å². The first kappa shape index (κ1) is 25.2. The van der Waals surface area contributed by atoms with E-state index in [1.54, 1.807) is 0 Å². The smallest absolute Gasteiger partial charge is 0.0267 e. The summed E-state index contributed by atoms with van der Waals surface area (Å²) in [6.07, 6.45) is 28.1. The molecule has 2 heteroatoms. The van der Waals surface area contributed by atoms with Gasteiger partial charge >= 0.3 is 0 Å². The van der Waals surface area contributed by atoms with Gasteiger partial charge in [0.2, 0.25) is 0 Å². The average Bonchev–Trinajstić information content (AvgIpc) is 2.99. The number of hydrogen-bond donors (Lipinski definition) is 1. The SMILES string of the molecule is C=C/C=C\C1SC(CC2=CC(=C)C(=C)/C=C\C=C/CNCC=C2)[C@@](C)(/C=C\CC)C1C. The first-order valence-corrected chi connectivity index (χ1v) is 12.3. The van der Waals surface area contributed by atoms with E-state index in [1.807, 2.05) is 18.2 Å². The fourth-order valence-corrected chi connectivity index (χ4v) is 5.96. The Morgan fingerprint density at radius 3 is 2.68 bits per heavy atom. The summed E-state index contributed by atoms with van der Waals surface area (Å²) in [5.74, 6) is 0.551. The van der Waals surface area contributed by atoms with Gasteiger partial charge in [0.05, 0.1) is 0 Å². The molecule has 0 aromatic rings. The molecular weight excluding hydrogens is 394 g/mol. The van der Waals surface area contributed by atoms with Crippen LogP contribution in [0, 0.1) is 11.3 Å². The summed E-state index contributed by atoms with van der Waals surface area (Å²) in [5, 5.41) is 4.40. The zero-order valence-electron chi connectivity index (χ0n) is 19.5. The zero-order chi connectivity index (χ0) is 22.7. The van der Waals surface area contributed by atoms with Gasteiger partial charge in [-0.15, -0.1) is 11.8 Å². The van der Waals surface area contributed by atoms with E-state index in [4.69, 9.17) is 0 Å². The van der Waals surface area contributed by atoms with Crippen molar-refractivity contribution in [2.24, 2.45) is 11.3 Å². The molecule has 3 unspecified atom stereocenters. The number of rotatable bonds is 6. The standard InChI is InChI=1S/C29H39NS/c1-7-9-17-27-25(5)29(6,18-10-8-2)28(31-27)22-26-16-14-20-30-19-13-11-12-15-23(3)24(4)21-26/h7,9-18,21,25,27-28,30H,1,3-4,8,19-20,22H2,2,5-6H3/b13-11-,15-12-,16-14?,17-9-,18-10-,26-21?/t25?,27?,28?,29-/m0/s1. The van der Waals surface area contributed by atoms with Gasteiger partial charge in [-0.3, -0.25) is 0 Å². The molecule has 4 atom stereocenters. The van der Waals surface area contributed by atoms with Gasteiger partial charge in [-0.25, -0.2) is 0 Å². The summed E-state index contributed by atoms with van der Waals surface area (Å²) >= 11 is 2.09. The predicted molar refractivity (Wildman–Crippen MR) is 142 cm³/mol. The topological polar surface area (TPSA) is 12.0 Å². The summed E-state index contributed by atoms with van der Waals surface area (Å²) in [4.78, 5) is 0. The molecule has 1 fully saturated rings. The highest BCUT2D eigenvalue weighted by atomic mass is 32.2. The third-order valence-corrected chi connectivity index (χ3v) is 8.12. The summed E-state index contributed by atoms with van der Waals surface area (Å²) in [7, 11) is 0. The van der Waals surface area contributed by atoms with E-state index in [-0.39, 0.29) is 5.41 Å². The highest BCUT2D eigenvalue weighted by molar-refractivity contribution is 8.01. The maximum Gasteiger partial charge on any atom is 0.0267 e. The Balaban J connectivity index is 2.34.